The van der Waals surface area contributed by atoms with Crippen molar-refractivity contribution < 1.29 is 18.3 Å². The van der Waals surface area contributed by atoms with E-state index < -0.39 is 17.8 Å². The van der Waals surface area contributed by atoms with Gasteiger partial charge in [-0.1, -0.05) is 30.3 Å². The van der Waals surface area contributed by atoms with Crippen molar-refractivity contribution in [2.24, 2.45) is 0 Å². The van der Waals surface area contributed by atoms with Gasteiger partial charge in [0, 0.05) is 16.2 Å². The second-order valence-corrected chi connectivity index (χ2v) is 7.76. The number of benzene rings is 2. The number of hydrogen-bond donors (Lipinski definition) is 1. The topological polar surface area (TPSA) is 33.1 Å². The number of halogens is 3. The second-order valence-electron chi connectivity index (χ2n) is 5.68. The van der Waals surface area contributed by atoms with Gasteiger partial charge in [0.25, 0.3) is 0 Å². The van der Waals surface area contributed by atoms with E-state index in [0.717, 1.165) is 27.6 Å². The third-order valence-electron chi connectivity index (χ3n) is 3.68. The van der Waals surface area contributed by atoms with E-state index in [0.29, 0.717) is 16.3 Å². The van der Waals surface area contributed by atoms with Crippen LogP contribution in [0, 0.1) is 0 Å². The Bertz CT molecular complexity index is 859. The summed E-state index contributed by atoms with van der Waals surface area (Å²) in [4.78, 5) is 6.40. The molecule has 1 unspecified atom stereocenters. The molecule has 0 radical (unpaired) electrons. The number of aromatic nitrogens is 1. The molecule has 2 aromatic carbocycles. The molecule has 1 N–H and O–H groups in total. The number of alkyl halides is 3. The fourth-order valence-electron chi connectivity index (χ4n) is 2.39. The normalized spacial score (nSPS) is 13.0. The molecule has 2 nitrogen and oxygen atoms in total. The Morgan fingerprint density at radius 1 is 1.08 bits per heavy atom. The number of aliphatic hydroxyl groups excluding tert-OH is 1. The number of aliphatic hydroxyl groups is 1. The summed E-state index contributed by atoms with van der Waals surface area (Å²) in [6, 6.07) is 14.8. The standard InChI is InChI=1S/C19H16F3NOS2/c1-12(24)17-16(11-25-15-5-3-2-4-6-15)23-18(26-17)13-7-9-14(10-8-13)19(20,21)22/h2-10,12,24H,11H2,1H3. The van der Waals surface area contributed by atoms with Gasteiger partial charge in [0.2, 0.25) is 0 Å². The van der Waals surface area contributed by atoms with Gasteiger partial charge in [-0.3, -0.25) is 0 Å². The van der Waals surface area contributed by atoms with Crippen molar-refractivity contribution in [1.82, 2.24) is 4.98 Å². The minimum Gasteiger partial charge on any atom is -0.388 e. The zero-order chi connectivity index (χ0) is 18.7. The van der Waals surface area contributed by atoms with Crippen LogP contribution < -0.4 is 0 Å². The fourth-order valence-corrected chi connectivity index (χ4v) is 4.38. The van der Waals surface area contributed by atoms with E-state index >= 15 is 0 Å². The number of nitrogens with zero attached hydrogens (tertiary/aromatic N) is 1. The zero-order valence-corrected chi connectivity index (χ0v) is 15.5. The van der Waals surface area contributed by atoms with Crippen molar-refractivity contribution >= 4 is 23.1 Å². The van der Waals surface area contributed by atoms with E-state index in [1.54, 1.807) is 18.7 Å². The van der Waals surface area contributed by atoms with Crippen LogP contribution in [0.15, 0.2) is 59.5 Å². The van der Waals surface area contributed by atoms with E-state index in [2.05, 4.69) is 4.98 Å². The first-order chi connectivity index (χ1) is 12.3. The van der Waals surface area contributed by atoms with Crippen LogP contribution in [0.4, 0.5) is 13.2 Å². The van der Waals surface area contributed by atoms with Gasteiger partial charge in [-0.15, -0.1) is 23.1 Å². The third-order valence-corrected chi connectivity index (χ3v) is 6.03. The molecule has 0 saturated heterocycles. The highest BCUT2D eigenvalue weighted by molar-refractivity contribution is 7.98. The van der Waals surface area contributed by atoms with Gasteiger partial charge < -0.3 is 5.11 Å². The Morgan fingerprint density at radius 2 is 1.73 bits per heavy atom. The minimum absolute atomic E-state index is 0.585. The van der Waals surface area contributed by atoms with Gasteiger partial charge in [0.05, 0.1) is 22.2 Å². The Kier molecular flexibility index (Phi) is 5.70. The highest BCUT2D eigenvalue weighted by atomic mass is 32.2. The molecule has 0 amide bonds. The lowest BCUT2D eigenvalue weighted by Gasteiger charge is -2.06. The summed E-state index contributed by atoms with van der Waals surface area (Å²) in [5.74, 6) is 0.585. The first-order valence-corrected chi connectivity index (χ1v) is 9.68. The summed E-state index contributed by atoms with van der Waals surface area (Å²) in [5.41, 5.74) is 0.683. The molecule has 1 atom stereocenters. The molecule has 3 rings (SSSR count). The maximum Gasteiger partial charge on any atom is 0.416 e. The van der Waals surface area contributed by atoms with Crippen LogP contribution in [0.2, 0.25) is 0 Å². The summed E-state index contributed by atoms with van der Waals surface area (Å²) < 4.78 is 38.1. The van der Waals surface area contributed by atoms with Crippen molar-refractivity contribution in [2.45, 2.75) is 29.9 Å². The number of hydrogen-bond acceptors (Lipinski definition) is 4. The molecule has 1 aromatic heterocycles. The SMILES string of the molecule is CC(O)c1sc(-c2ccc(C(F)(F)F)cc2)nc1CSc1ccccc1. The highest BCUT2D eigenvalue weighted by Gasteiger charge is 2.30. The van der Waals surface area contributed by atoms with Crippen LogP contribution in [0.3, 0.4) is 0 Å². The van der Waals surface area contributed by atoms with Gasteiger partial charge in [-0.05, 0) is 31.2 Å². The van der Waals surface area contributed by atoms with E-state index in [-0.39, 0.29) is 0 Å². The summed E-state index contributed by atoms with van der Waals surface area (Å²) in [6.07, 6.45) is -5.04. The molecule has 0 bridgehead atoms. The molecule has 0 saturated carbocycles. The van der Waals surface area contributed by atoms with Crippen LogP contribution in [0.1, 0.15) is 29.2 Å². The maximum absolute atomic E-state index is 12.7. The van der Waals surface area contributed by atoms with E-state index in [9.17, 15) is 18.3 Å². The van der Waals surface area contributed by atoms with E-state index in [4.69, 9.17) is 0 Å². The first kappa shape index (κ1) is 18.9. The molecule has 26 heavy (non-hydrogen) atoms. The molecule has 136 valence electrons. The van der Waals surface area contributed by atoms with Crippen LogP contribution in [-0.4, -0.2) is 10.1 Å². The summed E-state index contributed by atoms with van der Waals surface area (Å²) in [5, 5.41) is 10.6. The average Bonchev–Trinajstić information content (AvgIpc) is 3.05. The van der Waals surface area contributed by atoms with Crippen LogP contribution in [-0.2, 0) is 11.9 Å². The molecule has 0 aliphatic carbocycles. The molecule has 0 aliphatic rings. The molecule has 0 spiro atoms. The lowest BCUT2D eigenvalue weighted by Crippen LogP contribution is -2.03. The molecule has 0 fully saturated rings. The largest absolute Gasteiger partial charge is 0.416 e. The third kappa shape index (κ3) is 4.47. The zero-order valence-electron chi connectivity index (χ0n) is 13.8. The van der Waals surface area contributed by atoms with Crippen LogP contribution >= 0.6 is 23.1 Å². The monoisotopic (exact) mass is 395 g/mol. The van der Waals surface area contributed by atoms with E-state index in [1.807, 2.05) is 30.3 Å². The van der Waals surface area contributed by atoms with Gasteiger partial charge in [0.1, 0.15) is 5.01 Å². The Morgan fingerprint density at radius 3 is 2.31 bits per heavy atom. The Balaban J connectivity index is 1.84. The minimum atomic E-state index is -4.36. The first-order valence-electron chi connectivity index (χ1n) is 7.88. The van der Waals surface area contributed by atoms with Crippen molar-refractivity contribution in [3.8, 4) is 10.6 Å². The molecule has 3 aromatic rings. The highest BCUT2D eigenvalue weighted by Crippen LogP contribution is 2.36. The summed E-state index contributed by atoms with van der Waals surface area (Å²) in [7, 11) is 0. The van der Waals surface area contributed by atoms with Crippen LogP contribution in [0.25, 0.3) is 10.6 Å². The Labute approximate surface area is 157 Å². The molecular weight excluding hydrogens is 379 g/mol. The maximum atomic E-state index is 12.7. The smallest absolute Gasteiger partial charge is 0.388 e. The van der Waals surface area contributed by atoms with Gasteiger partial charge in [-0.25, -0.2) is 4.98 Å². The number of thiazole rings is 1. The van der Waals surface area contributed by atoms with Gasteiger partial charge in [0.15, 0.2) is 0 Å². The predicted molar refractivity (Wildman–Crippen MR) is 99.2 cm³/mol. The van der Waals surface area contributed by atoms with Crippen LogP contribution in [0.5, 0.6) is 0 Å². The lowest BCUT2D eigenvalue weighted by atomic mass is 10.1. The molecular formula is C19H16F3NOS2. The molecule has 0 aliphatic heterocycles. The quantitative estimate of drug-likeness (QED) is 0.524. The average molecular weight is 395 g/mol. The van der Waals surface area contributed by atoms with Gasteiger partial charge >= 0.3 is 6.18 Å². The number of rotatable bonds is 5. The Hall–Kier alpha value is -1.83. The summed E-state index contributed by atoms with van der Waals surface area (Å²) >= 11 is 2.92. The fraction of sp³-hybridized carbons (Fsp3) is 0.211. The summed E-state index contributed by atoms with van der Waals surface area (Å²) in [6.45, 7) is 1.67. The predicted octanol–water partition coefficient (Wildman–Crippen LogP) is 6.17. The second kappa shape index (κ2) is 7.82. The van der Waals surface area contributed by atoms with Gasteiger partial charge in [-0.2, -0.15) is 13.2 Å². The lowest BCUT2D eigenvalue weighted by molar-refractivity contribution is -0.137. The number of thioether (sulfide) groups is 1. The van der Waals surface area contributed by atoms with Crippen molar-refractivity contribution in [3.05, 3.63) is 70.7 Å². The molecule has 1 heterocycles. The van der Waals surface area contributed by atoms with Crippen molar-refractivity contribution in [3.63, 3.8) is 0 Å². The van der Waals surface area contributed by atoms with Crippen molar-refractivity contribution in [1.29, 1.82) is 0 Å². The van der Waals surface area contributed by atoms with Crippen molar-refractivity contribution in [2.75, 3.05) is 0 Å². The molecule has 7 heteroatoms. The van der Waals surface area contributed by atoms with E-state index in [1.165, 1.54) is 23.5 Å².